The number of benzene rings is 1. The molecule has 0 spiro atoms. The third-order valence-electron chi connectivity index (χ3n) is 8.51. The van der Waals surface area contributed by atoms with Crippen molar-refractivity contribution in [3.8, 4) is 16.9 Å². The smallest absolute Gasteiger partial charge is 0.302 e. The molecule has 1 aromatic carbocycles. The van der Waals surface area contributed by atoms with Crippen molar-refractivity contribution in [2.24, 2.45) is 7.05 Å². The maximum atomic E-state index is 15.5. The number of thiophene rings is 1. The van der Waals surface area contributed by atoms with E-state index in [0.717, 1.165) is 37.8 Å². The van der Waals surface area contributed by atoms with Gasteiger partial charge in [-0.3, -0.25) is 14.4 Å². The number of esters is 1. The molecule has 47 heavy (non-hydrogen) atoms. The Balaban J connectivity index is 1.36. The lowest BCUT2D eigenvalue weighted by atomic mass is 9.91. The van der Waals surface area contributed by atoms with Crippen molar-refractivity contribution in [1.82, 2.24) is 14.5 Å². The molecule has 2 aliphatic rings. The van der Waals surface area contributed by atoms with Crippen LogP contribution in [0.3, 0.4) is 0 Å². The van der Waals surface area contributed by atoms with Gasteiger partial charge in [0.2, 0.25) is 0 Å². The normalized spacial score (nSPS) is 14.2. The van der Waals surface area contributed by atoms with Crippen LogP contribution >= 0.6 is 11.3 Å². The van der Waals surface area contributed by atoms with Crippen LogP contribution in [0.25, 0.3) is 11.1 Å². The van der Waals surface area contributed by atoms with Gasteiger partial charge in [0.15, 0.2) is 0 Å². The molecule has 0 unspecified atom stereocenters. The second-order valence-corrected chi connectivity index (χ2v) is 13.3. The number of carbonyl (C=O) groups is 2. The van der Waals surface area contributed by atoms with Crippen molar-refractivity contribution in [2.45, 2.75) is 45.6 Å². The van der Waals surface area contributed by atoms with Crippen molar-refractivity contribution in [1.29, 1.82) is 0 Å². The standard InChI is InChI=1S/C35H38FN5O5S/c1-21(42)46-20-28-27(16-23(36)17-30(28)41-12-11-26-25-7-5-6-8-31(25)47-33(26)35(41)44)22-15-29(34(43)40(4)19-22)38-32-10-9-24(18-37-32)45-14-13-39(2)3/h9-10,15-19H,5-8,11-14,20H2,1-4H3,(H,37,38). The number of nitrogens with one attached hydrogen (secondary N) is 1. The highest BCUT2D eigenvalue weighted by atomic mass is 32.1. The molecule has 1 N–H and O–H groups in total. The van der Waals surface area contributed by atoms with Crippen LogP contribution in [0.4, 0.5) is 21.6 Å². The third-order valence-corrected chi connectivity index (χ3v) is 9.83. The minimum Gasteiger partial charge on any atom is -0.491 e. The van der Waals surface area contributed by atoms with Gasteiger partial charge in [-0.05, 0) is 93.2 Å². The molecule has 0 bridgehead atoms. The number of carbonyl (C=O) groups excluding carboxylic acids is 2. The fourth-order valence-electron chi connectivity index (χ4n) is 6.16. The van der Waals surface area contributed by atoms with Gasteiger partial charge in [-0.2, -0.15) is 0 Å². The Hall–Kier alpha value is -4.55. The van der Waals surface area contributed by atoms with E-state index in [-0.39, 0.29) is 23.8 Å². The summed E-state index contributed by atoms with van der Waals surface area (Å²) in [6.07, 6.45) is 8.06. The lowest BCUT2D eigenvalue weighted by molar-refractivity contribution is -0.142. The molecule has 10 nitrogen and oxygen atoms in total. The first-order valence-corrected chi connectivity index (χ1v) is 16.5. The van der Waals surface area contributed by atoms with E-state index in [0.29, 0.717) is 58.4 Å². The molecule has 4 heterocycles. The van der Waals surface area contributed by atoms with Gasteiger partial charge < -0.3 is 29.2 Å². The Morgan fingerprint density at radius 3 is 2.66 bits per heavy atom. The summed E-state index contributed by atoms with van der Waals surface area (Å²) >= 11 is 1.55. The molecule has 6 rings (SSSR count). The molecular weight excluding hydrogens is 621 g/mol. The van der Waals surface area contributed by atoms with E-state index < -0.39 is 11.8 Å². The molecule has 0 atom stereocenters. The summed E-state index contributed by atoms with van der Waals surface area (Å²) < 4.78 is 28.1. The maximum absolute atomic E-state index is 15.5. The number of anilines is 3. The van der Waals surface area contributed by atoms with E-state index in [4.69, 9.17) is 9.47 Å². The Morgan fingerprint density at radius 1 is 1.11 bits per heavy atom. The zero-order valence-electron chi connectivity index (χ0n) is 27.0. The maximum Gasteiger partial charge on any atom is 0.302 e. The molecule has 1 aliphatic carbocycles. The van der Waals surface area contributed by atoms with Gasteiger partial charge in [-0.1, -0.05) is 0 Å². The highest BCUT2D eigenvalue weighted by molar-refractivity contribution is 7.14. The number of hydrogen-bond acceptors (Lipinski definition) is 9. The number of pyridine rings is 2. The molecule has 0 radical (unpaired) electrons. The molecule has 0 fully saturated rings. The van der Waals surface area contributed by atoms with Gasteiger partial charge in [0, 0.05) is 49.3 Å². The van der Waals surface area contributed by atoms with Crippen molar-refractivity contribution in [3.63, 3.8) is 0 Å². The molecule has 0 saturated carbocycles. The van der Waals surface area contributed by atoms with Crippen molar-refractivity contribution in [2.75, 3.05) is 44.0 Å². The highest BCUT2D eigenvalue weighted by Gasteiger charge is 2.34. The Morgan fingerprint density at radius 2 is 1.91 bits per heavy atom. The third kappa shape index (κ3) is 6.93. The predicted octanol–water partition coefficient (Wildman–Crippen LogP) is 5.48. The summed E-state index contributed by atoms with van der Waals surface area (Å²) in [6.45, 7) is 2.77. The SMILES string of the molecule is CC(=O)OCc1c(-c2cc(Nc3ccc(OCCN(C)C)cn3)c(=O)n(C)c2)cc(F)cc1N1CCc2c(sc3c2CCCC3)C1=O. The van der Waals surface area contributed by atoms with Crippen LogP contribution in [-0.4, -0.2) is 60.1 Å². The largest absolute Gasteiger partial charge is 0.491 e. The first-order chi connectivity index (χ1) is 22.6. The van der Waals surface area contributed by atoms with Crippen molar-refractivity contribution in [3.05, 3.63) is 85.3 Å². The van der Waals surface area contributed by atoms with Crippen LogP contribution in [0.2, 0.25) is 0 Å². The number of aromatic nitrogens is 2. The van der Waals surface area contributed by atoms with E-state index in [1.54, 1.807) is 53.9 Å². The molecule has 3 aromatic heterocycles. The van der Waals surface area contributed by atoms with Gasteiger partial charge >= 0.3 is 5.97 Å². The Labute approximate surface area is 276 Å². The summed E-state index contributed by atoms with van der Waals surface area (Å²) in [7, 11) is 5.53. The number of fused-ring (bicyclic) bond motifs is 3. The lowest BCUT2D eigenvalue weighted by Crippen LogP contribution is -2.38. The van der Waals surface area contributed by atoms with E-state index in [1.807, 2.05) is 19.0 Å². The predicted molar refractivity (Wildman–Crippen MR) is 180 cm³/mol. The summed E-state index contributed by atoms with van der Waals surface area (Å²) in [4.78, 5) is 49.2. The number of nitrogens with zero attached hydrogens (tertiary/aromatic N) is 4. The topological polar surface area (TPSA) is 106 Å². The van der Waals surface area contributed by atoms with Gasteiger partial charge in [-0.15, -0.1) is 11.3 Å². The minimum absolute atomic E-state index is 0.172. The van der Waals surface area contributed by atoms with E-state index >= 15 is 4.39 Å². The Bertz CT molecular complexity index is 1880. The van der Waals surface area contributed by atoms with Gasteiger partial charge in [0.25, 0.3) is 11.5 Å². The summed E-state index contributed by atoms with van der Waals surface area (Å²) in [5.41, 5.74) is 4.06. The van der Waals surface area contributed by atoms with Crippen LogP contribution in [0.5, 0.6) is 5.75 Å². The van der Waals surface area contributed by atoms with Gasteiger partial charge in [0.1, 0.15) is 36.3 Å². The number of aryl methyl sites for hydroxylation is 2. The van der Waals surface area contributed by atoms with Crippen LogP contribution in [0, 0.1) is 5.82 Å². The Kier molecular flexibility index (Phi) is 9.42. The molecule has 1 aliphatic heterocycles. The van der Waals surface area contributed by atoms with E-state index in [2.05, 4.69) is 10.3 Å². The van der Waals surface area contributed by atoms with Crippen molar-refractivity contribution >= 4 is 40.4 Å². The van der Waals surface area contributed by atoms with Crippen LogP contribution < -0.4 is 20.5 Å². The highest BCUT2D eigenvalue weighted by Crippen LogP contribution is 2.41. The zero-order chi connectivity index (χ0) is 33.2. The first kappa shape index (κ1) is 32.4. The quantitative estimate of drug-likeness (QED) is 0.223. The molecule has 246 valence electrons. The number of rotatable bonds is 10. The van der Waals surface area contributed by atoms with E-state index in [9.17, 15) is 14.4 Å². The van der Waals surface area contributed by atoms with Crippen LogP contribution in [0.15, 0.2) is 47.5 Å². The summed E-state index contributed by atoms with van der Waals surface area (Å²) in [5.74, 6) is -0.210. The average Bonchev–Trinajstić information content (AvgIpc) is 3.42. The molecular formula is C35H38FN5O5S. The number of ether oxygens (including phenoxy) is 2. The number of likely N-dealkylation sites (N-methyl/N-ethyl adjacent to an activating group) is 1. The van der Waals surface area contributed by atoms with Crippen LogP contribution in [-0.2, 0) is 42.4 Å². The fourth-order valence-corrected chi connectivity index (χ4v) is 7.55. The molecule has 1 amide bonds. The number of halogens is 1. The van der Waals surface area contributed by atoms with Gasteiger partial charge in [-0.25, -0.2) is 9.37 Å². The number of hydrogen-bond donors (Lipinski definition) is 1. The first-order valence-electron chi connectivity index (χ1n) is 15.7. The van der Waals surface area contributed by atoms with Gasteiger partial charge in [0.05, 0.1) is 16.8 Å². The zero-order valence-corrected chi connectivity index (χ0v) is 27.8. The lowest BCUT2D eigenvalue weighted by Gasteiger charge is -2.30. The monoisotopic (exact) mass is 659 g/mol. The average molecular weight is 660 g/mol. The number of amides is 1. The molecule has 12 heteroatoms. The fraction of sp³-hybridized carbons (Fsp3) is 0.371. The molecule has 4 aromatic rings. The second-order valence-electron chi connectivity index (χ2n) is 12.2. The second kappa shape index (κ2) is 13.7. The summed E-state index contributed by atoms with van der Waals surface area (Å²) in [5, 5.41) is 3.08. The van der Waals surface area contributed by atoms with Crippen LogP contribution in [0.1, 0.15) is 51.0 Å². The van der Waals surface area contributed by atoms with E-state index in [1.165, 1.54) is 34.1 Å². The molecule has 0 saturated heterocycles. The summed E-state index contributed by atoms with van der Waals surface area (Å²) in [6, 6.07) is 7.76. The van der Waals surface area contributed by atoms with Crippen molar-refractivity contribution < 1.29 is 23.5 Å². The minimum atomic E-state index is -0.555.